The van der Waals surface area contributed by atoms with Gasteiger partial charge in [-0.3, -0.25) is 9.59 Å². The standard InChI is InChI=1S/C22H19NO3/c1-15-7-9-17(10-8-15)20-5-3-4-6-21(20)22(25)23-18-11-13-19(14-12-18)26-16(2)24/h3-14H,1-2H3,(H,23,25). The van der Waals surface area contributed by atoms with E-state index in [0.29, 0.717) is 17.0 Å². The third kappa shape index (κ3) is 4.16. The molecule has 3 aromatic rings. The van der Waals surface area contributed by atoms with Crippen LogP contribution in [0.3, 0.4) is 0 Å². The summed E-state index contributed by atoms with van der Waals surface area (Å²) in [4.78, 5) is 23.7. The van der Waals surface area contributed by atoms with E-state index in [1.54, 1.807) is 30.3 Å². The Hall–Kier alpha value is -3.40. The van der Waals surface area contributed by atoms with Crippen molar-refractivity contribution in [1.82, 2.24) is 0 Å². The zero-order valence-electron chi connectivity index (χ0n) is 14.7. The van der Waals surface area contributed by atoms with Crippen molar-refractivity contribution in [1.29, 1.82) is 0 Å². The number of ether oxygens (including phenoxy) is 1. The highest BCUT2D eigenvalue weighted by atomic mass is 16.5. The van der Waals surface area contributed by atoms with Gasteiger partial charge in [-0.1, -0.05) is 48.0 Å². The molecule has 0 unspecified atom stereocenters. The van der Waals surface area contributed by atoms with Gasteiger partial charge in [-0.05, 0) is 48.4 Å². The maximum absolute atomic E-state index is 12.7. The molecule has 0 saturated heterocycles. The van der Waals surface area contributed by atoms with Crippen LogP contribution in [0.2, 0.25) is 0 Å². The molecule has 0 radical (unpaired) electrons. The van der Waals surface area contributed by atoms with Crippen LogP contribution in [0.25, 0.3) is 11.1 Å². The van der Waals surface area contributed by atoms with Gasteiger partial charge in [0.15, 0.2) is 0 Å². The lowest BCUT2D eigenvalue weighted by Gasteiger charge is -2.11. The Labute approximate surface area is 152 Å². The van der Waals surface area contributed by atoms with Gasteiger partial charge < -0.3 is 10.1 Å². The Bertz CT molecular complexity index is 928. The number of hydrogen-bond donors (Lipinski definition) is 1. The minimum atomic E-state index is -0.381. The van der Waals surface area contributed by atoms with Crippen molar-refractivity contribution in [3.8, 4) is 16.9 Å². The van der Waals surface area contributed by atoms with Crippen molar-refractivity contribution in [2.45, 2.75) is 13.8 Å². The molecule has 0 aliphatic heterocycles. The number of aryl methyl sites for hydroxylation is 1. The first-order chi connectivity index (χ1) is 12.5. The summed E-state index contributed by atoms with van der Waals surface area (Å²) in [6.45, 7) is 3.37. The molecule has 0 aliphatic rings. The molecule has 0 fully saturated rings. The predicted molar refractivity (Wildman–Crippen MR) is 102 cm³/mol. The molecule has 0 heterocycles. The molecule has 4 nitrogen and oxygen atoms in total. The number of esters is 1. The van der Waals surface area contributed by atoms with Gasteiger partial charge in [0.05, 0.1) is 0 Å². The fraction of sp³-hybridized carbons (Fsp3) is 0.0909. The van der Waals surface area contributed by atoms with Gasteiger partial charge >= 0.3 is 5.97 Å². The maximum atomic E-state index is 12.7. The summed E-state index contributed by atoms with van der Waals surface area (Å²) in [6, 6.07) is 22.2. The van der Waals surface area contributed by atoms with E-state index >= 15 is 0 Å². The fourth-order valence-corrected chi connectivity index (χ4v) is 2.64. The summed E-state index contributed by atoms with van der Waals surface area (Å²) in [5, 5.41) is 2.88. The molecular weight excluding hydrogens is 326 g/mol. The van der Waals surface area contributed by atoms with E-state index in [4.69, 9.17) is 4.74 Å². The Morgan fingerprint density at radius 2 is 1.50 bits per heavy atom. The first-order valence-electron chi connectivity index (χ1n) is 8.29. The average Bonchev–Trinajstić information content (AvgIpc) is 2.63. The minimum absolute atomic E-state index is 0.193. The van der Waals surface area contributed by atoms with Crippen molar-refractivity contribution >= 4 is 17.6 Å². The van der Waals surface area contributed by atoms with E-state index in [9.17, 15) is 9.59 Å². The van der Waals surface area contributed by atoms with Crippen molar-refractivity contribution < 1.29 is 14.3 Å². The molecule has 1 N–H and O–H groups in total. The summed E-state index contributed by atoms with van der Waals surface area (Å²) in [5.41, 5.74) is 4.27. The summed E-state index contributed by atoms with van der Waals surface area (Å²) >= 11 is 0. The molecule has 0 bridgehead atoms. The van der Waals surface area contributed by atoms with E-state index in [2.05, 4.69) is 5.32 Å². The van der Waals surface area contributed by atoms with E-state index in [1.165, 1.54) is 12.5 Å². The van der Waals surface area contributed by atoms with E-state index in [0.717, 1.165) is 11.1 Å². The first-order valence-corrected chi connectivity index (χ1v) is 8.29. The lowest BCUT2D eigenvalue weighted by Crippen LogP contribution is -2.13. The molecule has 0 aromatic heterocycles. The summed E-state index contributed by atoms with van der Waals surface area (Å²) in [6.07, 6.45) is 0. The van der Waals surface area contributed by atoms with Crippen LogP contribution in [0.5, 0.6) is 5.75 Å². The smallest absolute Gasteiger partial charge is 0.308 e. The molecule has 0 spiro atoms. The molecule has 0 saturated carbocycles. The summed E-state index contributed by atoms with van der Waals surface area (Å²) < 4.78 is 4.99. The maximum Gasteiger partial charge on any atom is 0.308 e. The van der Waals surface area contributed by atoms with Crippen LogP contribution in [-0.4, -0.2) is 11.9 Å². The highest BCUT2D eigenvalue weighted by Crippen LogP contribution is 2.25. The van der Waals surface area contributed by atoms with Gasteiger partial charge in [0.1, 0.15) is 5.75 Å². The number of nitrogens with one attached hydrogen (secondary N) is 1. The zero-order chi connectivity index (χ0) is 18.5. The SMILES string of the molecule is CC(=O)Oc1ccc(NC(=O)c2ccccc2-c2ccc(C)cc2)cc1. The van der Waals surface area contributed by atoms with Crippen LogP contribution in [0.4, 0.5) is 5.69 Å². The highest BCUT2D eigenvalue weighted by Gasteiger charge is 2.12. The van der Waals surface area contributed by atoms with Crippen molar-refractivity contribution in [2.24, 2.45) is 0 Å². The van der Waals surface area contributed by atoms with E-state index in [1.807, 2.05) is 49.4 Å². The molecule has 0 aliphatic carbocycles. The average molecular weight is 345 g/mol. The number of carbonyl (C=O) groups is 2. The van der Waals surface area contributed by atoms with Gasteiger partial charge in [0.25, 0.3) is 5.91 Å². The second kappa shape index (κ2) is 7.66. The first kappa shape index (κ1) is 17.4. The number of carbonyl (C=O) groups excluding carboxylic acids is 2. The zero-order valence-corrected chi connectivity index (χ0v) is 14.7. The number of rotatable bonds is 4. The topological polar surface area (TPSA) is 55.4 Å². The number of benzene rings is 3. The number of anilines is 1. The fourth-order valence-electron chi connectivity index (χ4n) is 2.64. The predicted octanol–water partition coefficient (Wildman–Crippen LogP) is 4.84. The Kier molecular flexibility index (Phi) is 5.13. The van der Waals surface area contributed by atoms with Gasteiger partial charge in [0.2, 0.25) is 0 Å². The largest absolute Gasteiger partial charge is 0.427 e. The minimum Gasteiger partial charge on any atom is -0.427 e. The highest BCUT2D eigenvalue weighted by molar-refractivity contribution is 6.08. The van der Waals surface area contributed by atoms with E-state index in [-0.39, 0.29) is 11.9 Å². The molecule has 3 rings (SSSR count). The number of hydrogen-bond acceptors (Lipinski definition) is 3. The molecule has 4 heteroatoms. The normalized spacial score (nSPS) is 10.2. The van der Waals surface area contributed by atoms with Crippen LogP contribution in [0.1, 0.15) is 22.8 Å². The third-order valence-corrected chi connectivity index (χ3v) is 3.91. The molecule has 26 heavy (non-hydrogen) atoms. The molecule has 3 aromatic carbocycles. The van der Waals surface area contributed by atoms with Crippen LogP contribution in [0, 0.1) is 6.92 Å². The van der Waals surface area contributed by atoms with Crippen LogP contribution in [-0.2, 0) is 4.79 Å². The van der Waals surface area contributed by atoms with E-state index < -0.39 is 0 Å². The van der Waals surface area contributed by atoms with Crippen LogP contribution < -0.4 is 10.1 Å². The third-order valence-electron chi connectivity index (χ3n) is 3.91. The molecule has 0 atom stereocenters. The Morgan fingerprint density at radius 1 is 0.846 bits per heavy atom. The quantitative estimate of drug-likeness (QED) is 0.544. The lowest BCUT2D eigenvalue weighted by molar-refractivity contribution is -0.131. The Morgan fingerprint density at radius 3 is 2.15 bits per heavy atom. The molecule has 130 valence electrons. The summed E-state index contributed by atoms with van der Waals surface area (Å²) in [7, 11) is 0. The van der Waals surface area contributed by atoms with Crippen LogP contribution >= 0.6 is 0 Å². The summed E-state index contributed by atoms with van der Waals surface area (Å²) in [5.74, 6) is -0.134. The van der Waals surface area contributed by atoms with Gasteiger partial charge in [-0.15, -0.1) is 0 Å². The number of amides is 1. The molecular formula is C22H19NO3. The lowest BCUT2D eigenvalue weighted by atomic mass is 9.98. The Balaban J connectivity index is 1.82. The monoisotopic (exact) mass is 345 g/mol. The van der Waals surface area contributed by atoms with Gasteiger partial charge in [0, 0.05) is 18.2 Å². The van der Waals surface area contributed by atoms with Crippen LogP contribution in [0.15, 0.2) is 72.8 Å². The van der Waals surface area contributed by atoms with Crippen molar-refractivity contribution in [3.63, 3.8) is 0 Å². The van der Waals surface area contributed by atoms with Gasteiger partial charge in [-0.25, -0.2) is 0 Å². The van der Waals surface area contributed by atoms with Crippen molar-refractivity contribution in [2.75, 3.05) is 5.32 Å². The van der Waals surface area contributed by atoms with Gasteiger partial charge in [-0.2, -0.15) is 0 Å². The van der Waals surface area contributed by atoms with Crippen molar-refractivity contribution in [3.05, 3.63) is 83.9 Å². The second-order valence-electron chi connectivity index (χ2n) is 5.98. The second-order valence-corrected chi connectivity index (χ2v) is 5.98. The molecule has 1 amide bonds.